The Bertz CT molecular complexity index is 354. The zero-order chi connectivity index (χ0) is 12.3. The lowest BCUT2D eigenvalue weighted by molar-refractivity contribution is -0.165. The van der Waals surface area contributed by atoms with Crippen LogP contribution >= 0.6 is 0 Å². The van der Waals surface area contributed by atoms with Crippen LogP contribution in [0.4, 0.5) is 0 Å². The molecule has 0 amide bonds. The van der Waals surface area contributed by atoms with Gasteiger partial charge in [0.05, 0.1) is 12.7 Å². The molecule has 16 heavy (non-hydrogen) atoms. The number of aliphatic carboxylic acids is 2. The van der Waals surface area contributed by atoms with Crippen molar-refractivity contribution in [3.63, 3.8) is 0 Å². The van der Waals surface area contributed by atoms with Crippen LogP contribution in [0.15, 0.2) is 11.6 Å². The van der Waals surface area contributed by atoms with Gasteiger partial charge < -0.3 is 14.9 Å². The maximum Gasteiger partial charge on any atom is 0.335 e. The molecule has 0 radical (unpaired) electrons. The lowest BCUT2D eigenvalue weighted by atomic mass is 9.72. The van der Waals surface area contributed by atoms with Crippen molar-refractivity contribution in [3.05, 3.63) is 11.6 Å². The number of hydrogen-bond acceptors (Lipinski definition) is 4. The summed E-state index contributed by atoms with van der Waals surface area (Å²) in [6.45, 7) is 0. The molecule has 0 aliphatic heterocycles. The Labute approximate surface area is 91.5 Å². The number of rotatable bonds is 3. The van der Waals surface area contributed by atoms with Crippen LogP contribution in [0.5, 0.6) is 0 Å². The molecule has 2 N–H and O–H groups in total. The highest BCUT2D eigenvalue weighted by Gasteiger charge is 2.53. The third kappa shape index (κ3) is 1.66. The van der Waals surface area contributed by atoms with Crippen LogP contribution in [0.1, 0.15) is 19.3 Å². The maximum absolute atomic E-state index is 11.4. The van der Waals surface area contributed by atoms with Gasteiger partial charge in [-0.05, 0) is 19.3 Å². The first-order valence-electron chi connectivity index (χ1n) is 4.72. The van der Waals surface area contributed by atoms with Crippen LogP contribution in [0, 0.1) is 5.41 Å². The molecule has 0 unspecified atom stereocenters. The van der Waals surface area contributed by atoms with E-state index >= 15 is 0 Å². The Kier molecular flexibility index (Phi) is 3.31. The van der Waals surface area contributed by atoms with E-state index < -0.39 is 23.3 Å². The first-order valence-corrected chi connectivity index (χ1v) is 4.72. The molecule has 0 aromatic carbocycles. The van der Waals surface area contributed by atoms with Crippen molar-refractivity contribution in [2.45, 2.75) is 19.3 Å². The number of ether oxygens (including phenoxy) is 1. The van der Waals surface area contributed by atoms with Crippen LogP contribution < -0.4 is 0 Å². The molecule has 0 aromatic rings. The summed E-state index contributed by atoms with van der Waals surface area (Å²) in [4.78, 5) is 33.6. The standard InChI is InChI=1S/C10H12O6/c1-16-7(11)6-4-2-3-5-10(6,8(12)13)9(14)15/h4H,2-3,5H2,1H3,(H,12,13)(H,14,15). The second kappa shape index (κ2) is 4.34. The summed E-state index contributed by atoms with van der Waals surface area (Å²) < 4.78 is 4.41. The highest BCUT2D eigenvalue weighted by Crippen LogP contribution is 2.39. The first kappa shape index (κ1) is 12.2. The van der Waals surface area contributed by atoms with Crippen molar-refractivity contribution in [2.24, 2.45) is 5.41 Å². The molecule has 0 fully saturated rings. The minimum atomic E-state index is -2.16. The lowest BCUT2D eigenvalue weighted by Crippen LogP contribution is -2.45. The Morgan fingerprint density at radius 1 is 1.31 bits per heavy atom. The van der Waals surface area contributed by atoms with Gasteiger partial charge in [0.25, 0.3) is 0 Å². The normalized spacial score (nSPS) is 18.4. The number of carboxylic acid groups (broad SMARTS) is 2. The number of carbonyl (C=O) groups excluding carboxylic acids is 1. The molecule has 0 spiro atoms. The minimum absolute atomic E-state index is 0.0986. The predicted molar refractivity (Wildman–Crippen MR) is 51.7 cm³/mol. The molecule has 1 rings (SSSR count). The SMILES string of the molecule is COC(=O)C1=CCCCC1(C(=O)O)C(=O)O. The van der Waals surface area contributed by atoms with E-state index in [4.69, 9.17) is 10.2 Å². The summed E-state index contributed by atoms with van der Waals surface area (Å²) in [6.07, 6.45) is 2.13. The smallest absolute Gasteiger partial charge is 0.335 e. The van der Waals surface area contributed by atoms with Gasteiger partial charge >= 0.3 is 17.9 Å². The van der Waals surface area contributed by atoms with Gasteiger partial charge in [-0.1, -0.05) is 6.08 Å². The van der Waals surface area contributed by atoms with E-state index in [1.165, 1.54) is 6.08 Å². The number of hydrogen-bond donors (Lipinski definition) is 2. The summed E-state index contributed by atoms with van der Waals surface area (Å²) in [7, 11) is 1.09. The van der Waals surface area contributed by atoms with Crippen molar-refractivity contribution >= 4 is 17.9 Å². The minimum Gasteiger partial charge on any atom is -0.480 e. The topological polar surface area (TPSA) is 101 Å². The zero-order valence-corrected chi connectivity index (χ0v) is 8.73. The van der Waals surface area contributed by atoms with E-state index in [1.54, 1.807) is 0 Å². The molecule has 1 aliphatic rings. The summed E-state index contributed by atoms with van der Waals surface area (Å²) in [5.74, 6) is -3.96. The number of carbonyl (C=O) groups is 3. The number of allylic oxidation sites excluding steroid dienone is 1. The predicted octanol–water partition coefficient (Wildman–Crippen LogP) is 0.425. The fourth-order valence-electron chi connectivity index (χ4n) is 1.83. The first-order chi connectivity index (χ1) is 7.46. The van der Waals surface area contributed by atoms with Crippen LogP contribution in [0.2, 0.25) is 0 Å². The van der Waals surface area contributed by atoms with Crippen molar-refractivity contribution in [1.82, 2.24) is 0 Å². The average molecular weight is 228 g/mol. The number of methoxy groups -OCH3 is 1. The van der Waals surface area contributed by atoms with Crippen molar-refractivity contribution < 1.29 is 29.3 Å². The summed E-state index contributed by atoms with van der Waals surface area (Å²) >= 11 is 0. The van der Waals surface area contributed by atoms with Gasteiger partial charge in [-0.2, -0.15) is 0 Å². The Balaban J connectivity index is 3.30. The zero-order valence-electron chi connectivity index (χ0n) is 8.73. The molecular formula is C10H12O6. The molecule has 0 atom stereocenters. The Morgan fingerprint density at radius 3 is 2.31 bits per heavy atom. The second-order valence-corrected chi connectivity index (χ2v) is 3.52. The largest absolute Gasteiger partial charge is 0.480 e. The van der Waals surface area contributed by atoms with E-state index in [9.17, 15) is 14.4 Å². The van der Waals surface area contributed by atoms with Gasteiger partial charge in [0.15, 0.2) is 5.41 Å². The average Bonchev–Trinajstić information content (AvgIpc) is 2.27. The van der Waals surface area contributed by atoms with E-state index in [0.29, 0.717) is 12.8 Å². The monoisotopic (exact) mass is 228 g/mol. The van der Waals surface area contributed by atoms with Crippen LogP contribution in [-0.4, -0.2) is 35.2 Å². The van der Waals surface area contributed by atoms with Gasteiger partial charge in [-0.3, -0.25) is 9.59 Å². The van der Waals surface area contributed by atoms with Gasteiger partial charge in [-0.25, -0.2) is 4.79 Å². The maximum atomic E-state index is 11.4. The van der Waals surface area contributed by atoms with Gasteiger partial charge in [-0.15, -0.1) is 0 Å². The highest BCUT2D eigenvalue weighted by atomic mass is 16.5. The fraction of sp³-hybridized carbons (Fsp3) is 0.500. The van der Waals surface area contributed by atoms with Gasteiger partial charge in [0, 0.05) is 0 Å². The highest BCUT2D eigenvalue weighted by molar-refractivity contribution is 6.10. The molecule has 1 aliphatic carbocycles. The molecule has 88 valence electrons. The van der Waals surface area contributed by atoms with E-state index in [-0.39, 0.29) is 12.0 Å². The molecular weight excluding hydrogens is 216 g/mol. The lowest BCUT2D eigenvalue weighted by Gasteiger charge is -2.29. The summed E-state index contributed by atoms with van der Waals surface area (Å²) in [5, 5.41) is 18.1. The third-order valence-electron chi connectivity index (χ3n) is 2.70. The van der Waals surface area contributed by atoms with E-state index in [0.717, 1.165) is 7.11 Å². The second-order valence-electron chi connectivity index (χ2n) is 3.52. The Morgan fingerprint density at radius 2 is 1.88 bits per heavy atom. The van der Waals surface area contributed by atoms with E-state index in [1.807, 2.05) is 0 Å². The van der Waals surface area contributed by atoms with Gasteiger partial charge in [0.1, 0.15) is 0 Å². The Hall–Kier alpha value is -1.85. The van der Waals surface area contributed by atoms with E-state index in [2.05, 4.69) is 4.74 Å². The molecule has 0 aromatic heterocycles. The molecule has 6 heteroatoms. The molecule has 0 bridgehead atoms. The summed E-state index contributed by atoms with van der Waals surface area (Å²) in [5.41, 5.74) is -2.45. The van der Waals surface area contributed by atoms with Crippen molar-refractivity contribution in [2.75, 3.05) is 7.11 Å². The molecule has 0 saturated heterocycles. The van der Waals surface area contributed by atoms with Crippen LogP contribution in [0.3, 0.4) is 0 Å². The summed E-state index contributed by atoms with van der Waals surface area (Å²) in [6, 6.07) is 0. The van der Waals surface area contributed by atoms with Crippen LogP contribution in [0.25, 0.3) is 0 Å². The van der Waals surface area contributed by atoms with Crippen LogP contribution in [-0.2, 0) is 19.1 Å². The fourth-order valence-corrected chi connectivity index (χ4v) is 1.83. The number of carboxylic acids is 2. The molecule has 6 nitrogen and oxygen atoms in total. The van der Waals surface area contributed by atoms with Crippen molar-refractivity contribution in [3.8, 4) is 0 Å². The van der Waals surface area contributed by atoms with Gasteiger partial charge in [0.2, 0.25) is 0 Å². The molecule has 0 saturated carbocycles. The number of esters is 1. The quantitative estimate of drug-likeness (QED) is 0.536. The van der Waals surface area contributed by atoms with Crippen molar-refractivity contribution in [1.29, 1.82) is 0 Å². The molecule has 0 heterocycles. The third-order valence-corrected chi connectivity index (χ3v) is 2.70.